The third-order valence-corrected chi connectivity index (χ3v) is 5.94. The van der Waals surface area contributed by atoms with E-state index in [1.54, 1.807) is 0 Å². The van der Waals surface area contributed by atoms with E-state index < -0.39 is 0 Å². The van der Waals surface area contributed by atoms with Crippen molar-refractivity contribution in [1.29, 1.82) is 5.26 Å². The lowest BCUT2D eigenvalue weighted by Gasteiger charge is -2.31. The van der Waals surface area contributed by atoms with Gasteiger partial charge in [-0.25, -0.2) is 0 Å². The van der Waals surface area contributed by atoms with Crippen LogP contribution in [-0.4, -0.2) is 53.7 Å². The number of carbonyl (C=O) groups excluding carboxylic acids is 1. The molecule has 2 aliphatic heterocycles. The van der Waals surface area contributed by atoms with Crippen LogP contribution in [0.5, 0.6) is 0 Å². The third kappa shape index (κ3) is 4.19. The molecule has 7 heteroatoms. The maximum atomic E-state index is 12.8. The van der Waals surface area contributed by atoms with Crippen LogP contribution in [0.2, 0.25) is 0 Å². The molecule has 0 radical (unpaired) electrons. The van der Waals surface area contributed by atoms with Crippen molar-refractivity contribution in [3.05, 3.63) is 52.4 Å². The minimum atomic E-state index is -0.195. The van der Waals surface area contributed by atoms with Crippen molar-refractivity contribution in [2.24, 2.45) is 5.41 Å². The second-order valence-electron chi connectivity index (χ2n) is 8.30. The van der Waals surface area contributed by atoms with E-state index in [2.05, 4.69) is 16.1 Å². The maximum Gasteiger partial charge on any atom is 0.223 e. The number of aromatic nitrogens is 1. The molecule has 0 N–H and O–H groups in total. The quantitative estimate of drug-likeness (QED) is 0.792. The number of hydrogen-bond acceptors (Lipinski definition) is 6. The van der Waals surface area contributed by atoms with Gasteiger partial charge in [0.05, 0.1) is 37.1 Å². The fraction of sp³-hybridized carbons (Fsp3) is 0.500. The normalized spacial score (nSPS) is 22.8. The molecule has 4 rings (SSSR count). The second-order valence-corrected chi connectivity index (χ2v) is 8.30. The van der Waals surface area contributed by atoms with Gasteiger partial charge in [0, 0.05) is 43.6 Å². The van der Waals surface area contributed by atoms with E-state index in [4.69, 9.17) is 14.5 Å². The summed E-state index contributed by atoms with van der Waals surface area (Å²) < 4.78 is 11.2. The molecule has 1 aromatic heterocycles. The fourth-order valence-corrected chi connectivity index (χ4v) is 4.41. The van der Waals surface area contributed by atoms with E-state index >= 15 is 0 Å². The first-order chi connectivity index (χ1) is 14.0. The van der Waals surface area contributed by atoms with Gasteiger partial charge in [-0.2, -0.15) is 5.26 Å². The lowest BCUT2D eigenvalue weighted by atomic mass is 9.87. The van der Waals surface area contributed by atoms with E-state index in [0.717, 1.165) is 42.2 Å². The average molecular weight is 394 g/mol. The van der Waals surface area contributed by atoms with Gasteiger partial charge in [-0.3, -0.25) is 9.69 Å². The summed E-state index contributed by atoms with van der Waals surface area (Å²) in [7, 11) is 0. The number of hydrogen-bond donors (Lipinski definition) is 0. The van der Waals surface area contributed by atoms with Gasteiger partial charge in [-0.1, -0.05) is 17.3 Å². The Morgan fingerprint density at radius 3 is 2.69 bits per heavy atom. The smallest absolute Gasteiger partial charge is 0.223 e. The van der Waals surface area contributed by atoms with Crippen molar-refractivity contribution in [3.63, 3.8) is 0 Å². The summed E-state index contributed by atoms with van der Waals surface area (Å²) in [6.07, 6.45) is 0.500. The van der Waals surface area contributed by atoms with Crippen molar-refractivity contribution >= 4 is 5.91 Å². The van der Waals surface area contributed by atoms with Gasteiger partial charge in [0.25, 0.3) is 0 Å². The molecule has 2 aromatic rings. The number of aryl methyl sites for hydroxylation is 2. The van der Waals surface area contributed by atoms with E-state index in [1.807, 2.05) is 43.0 Å². The van der Waals surface area contributed by atoms with Crippen LogP contribution >= 0.6 is 0 Å². The van der Waals surface area contributed by atoms with Crippen molar-refractivity contribution < 1.29 is 14.1 Å². The summed E-state index contributed by atoms with van der Waals surface area (Å²) in [6, 6.07) is 9.86. The molecular formula is C22H26N4O3. The first-order valence-corrected chi connectivity index (χ1v) is 9.97. The summed E-state index contributed by atoms with van der Waals surface area (Å²) in [5, 5.41) is 13.0. The number of nitriles is 1. The highest BCUT2D eigenvalue weighted by atomic mass is 16.5. The highest BCUT2D eigenvalue weighted by Crippen LogP contribution is 2.36. The molecule has 152 valence electrons. The van der Waals surface area contributed by atoms with Crippen LogP contribution in [0.1, 0.15) is 34.6 Å². The number of amides is 1. The Morgan fingerprint density at radius 2 is 2.00 bits per heavy atom. The molecule has 1 spiro atoms. The van der Waals surface area contributed by atoms with Gasteiger partial charge in [-0.05, 0) is 31.5 Å². The summed E-state index contributed by atoms with van der Waals surface area (Å²) in [5.41, 5.74) is 3.48. The Labute approximate surface area is 170 Å². The standard InChI is InChI=1S/C22H26N4O3/c1-16-20(17(2)29-24-16)12-26-14-22(9-21(26)27)13-25(7-8-28-15-22)11-19-5-3-18(10-23)4-6-19/h3-6H,7-9,11-15H2,1-2H3. The number of likely N-dealkylation sites (tertiary alicyclic amines) is 1. The van der Waals surface area contributed by atoms with Gasteiger partial charge in [0.1, 0.15) is 5.76 Å². The molecule has 1 atom stereocenters. The molecule has 0 bridgehead atoms. The van der Waals surface area contributed by atoms with Gasteiger partial charge >= 0.3 is 0 Å². The van der Waals surface area contributed by atoms with Gasteiger partial charge in [-0.15, -0.1) is 0 Å². The fourth-order valence-electron chi connectivity index (χ4n) is 4.41. The topological polar surface area (TPSA) is 82.6 Å². The Hall–Kier alpha value is -2.69. The molecule has 2 aliphatic rings. The molecule has 29 heavy (non-hydrogen) atoms. The molecule has 3 heterocycles. The molecule has 1 unspecified atom stereocenters. The Balaban J connectivity index is 1.46. The lowest BCUT2D eigenvalue weighted by Crippen LogP contribution is -2.40. The van der Waals surface area contributed by atoms with Gasteiger partial charge in [0.15, 0.2) is 0 Å². The van der Waals surface area contributed by atoms with Crippen LogP contribution in [0, 0.1) is 30.6 Å². The minimum Gasteiger partial charge on any atom is -0.379 e. The first kappa shape index (κ1) is 19.6. The summed E-state index contributed by atoms with van der Waals surface area (Å²) in [5.74, 6) is 0.935. The number of rotatable bonds is 4. The largest absolute Gasteiger partial charge is 0.379 e. The zero-order chi connectivity index (χ0) is 20.4. The Kier molecular flexibility index (Phi) is 5.39. The highest BCUT2D eigenvalue weighted by Gasteiger charge is 2.45. The van der Waals surface area contributed by atoms with Crippen molar-refractivity contribution in [2.45, 2.75) is 33.4 Å². The van der Waals surface area contributed by atoms with Crippen molar-refractivity contribution in [2.75, 3.05) is 32.8 Å². The number of nitrogens with zero attached hydrogens (tertiary/aromatic N) is 4. The van der Waals surface area contributed by atoms with Crippen molar-refractivity contribution in [3.8, 4) is 6.07 Å². The van der Waals surface area contributed by atoms with Gasteiger partial charge in [0.2, 0.25) is 5.91 Å². The zero-order valence-corrected chi connectivity index (χ0v) is 17.0. The number of benzene rings is 1. The van der Waals surface area contributed by atoms with Crippen LogP contribution in [0.25, 0.3) is 0 Å². The van der Waals surface area contributed by atoms with Crippen molar-refractivity contribution in [1.82, 2.24) is 15.0 Å². The number of ether oxygens (including phenoxy) is 1. The predicted molar refractivity (Wildman–Crippen MR) is 106 cm³/mol. The zero-order valence-electron chi connectivity index (χ0n) is 17.0. The molecule has 2 saturated heterocycles. The Bertz CT molecular complexity index is 911. The molecule has 7 nitrogen and oxygen atoms in total. The summed E-state index contributed by atoms with van der Waals surface area (Å²) >= 11 is 0. The minimum absolute atomic E-state index is 0.161. The summed E-state index contributed by atoms with van der Waals surface area (Å²) in [6.45, 7) is 8.72. The van der Waals surface area contributed by atoms with E-state index in [-0.39, 0.29) is 11.3 Å². The molecular weight excluding hydrogens is 368 g/mol. The lowest BCUT2D eigenvalue weighted by molar-refractivity contribution is -0.128. The molecule has 2 fully saturated rings. The van der Waals surface area contributed by atoms with Crippen LogP contribution in [0.15, 0.2) is 28.8 Å². The summed E-state index contributed by atoms with van der Waals surface area (Å²) in [4.78, 5) is 17.1. The first-order valence-electron chi connectivity index (χ1n) is 9.97. The molecule has 1 aromatic carbocycles. The predicted octanol–water partition coefficient (Wildman–Crippen LogP) is 2.41. The van der Waals surface area contributed by atoms with Crippen LogP contribution in [0.4, 0.5) is 0 Å². The third-order valence-electron chi connectivity index (χ3n) is 5.94. The monoisotopic (exact) mass is 394 g/mol. The average Bonchev–Trinajstić information content (AvgIpc) is 3.10. The van der Waals surface area contributed by atoms with E-state index in [9.17, 15) is 4.79 Å². The van der Waals surface area contributed by atoms with Crippen LogP contribution in [-0.2, 0) is 22.6 Å². The molecule has 0 aliphatic carbocycles. The van der Waals surface area contributed by atoms with Gasteiger partial charge < -0.3 is 14.2 Å². The molecule has 1 amide bonds. The highest BCUT2D eigenvalue weighted by molar-refractivity contribution is 5.79. The Morgan fingerprint density at radius 1 is 1.21 bits per heavy atom. The SMILES string of the molecule is Cc1noc(C)c1CN1CC2(COCCN(Cc3ccc(C#N)cc3)C2)CC1=O. The molecule has 0 saturated carbocycles. The van der Waals surface area contributed by atoms with Crippen LogP contribution in [0.3, 0.4) is 0 Å². The van der Waals surface area contributed by atoms with E-state index in [1.165, 1.54) is 0 Å². The van der Waals surface area contributed by atoms with Crippen LogP contribution < -0.4 is 0 Å². The maximum absolute atomic E-state index is 12.8. The van der Waals surface area contributed by atoms with E-state index in [0.29, 0.717) is 38.3 Å². The second kappa shape index (κ2) is 7.97. The number of carbonyl (C=O) groups is 1.